The molecule has 2 N–H and O–H groups in total. The molecule has 0 saturated heterocycles. The van der Waals surface area contributed by atoms with Gasteiger partial charge in [0.2, 0.25) is 0 Å². The van der Waals surface area contributed by atoms with Crippen LogP contribution < -0.4 is 5.73 Å². The number of hydrogen-bond acceptors (Lipinski definition) is 2. The average Bonchev–Trinajstić information content (AvgIpc) is 3.11. The molecular formula is C18H16ClNO. The van der Waals surface area contributed by atoms with Gasteiger partial charge in [-0.2, -0.15) is 0 Å². The molecule has 0 amide bonds. The Morgan fingerprint density at radius 1 is 1.05 bits per heavy atom. The van der Waals surface area contributed by atoms with Gasteiger partial charge < -0.3 is 10.2 Å². The van der Waals surface area contributed by atoms with Crippen LogP contribution in [0.5, 0.6) is 0 Å². The summed E-state index contributed by atoms with van der Waals surface area (Å²) < 4.78 is 5.91. The highest BCUT2D eigenvalue weighted by Crippen LogP contribution is 2.36. The van der Waals surface area contributed by atoms with E-state index in [0.29, 0.717) is 10.9 Å². The highest BCUT2D eigenvalue weighted by atomic mass is 35.5. The van der Waals surface area contributed by atoms with E-state index in [9.17, 15) is 0 Å². The Kier molecular flexibility index (Phi) is 3.02. The van der Waals surface area contributed by atoms with Gasteiger partial charge in [0.15, 0.2) is 5.58 Å². The SMILES string of the molecule is NC(c1cc2cccc(Cl)c2o1)C1Cc2ccccc2C1. The topological polar surface area (TPSA) is 39.2 Å². The van der Waals surface area contributed by atoms with Gasteiger partial charge in [-0.15, -0.1) is 0 Å². The van der Waals surface area contributed by atoms with Gasteiger partial charge in [0, 0.05) is 5.39 Å². The van der Waals surface area contributed by atoms with E-state index in [4.69, 9.17) is 21.8 Å². The van der Waals surface area contributed by atoms with E-state index < -0.39 is 0 Å². The number of para-hydroxylation sites is 1. The van der Waals surface area contributed by atoms with Crippen LogP contribution in [0.4, 0.5) is 0 Å². The zero-order chi connectivity index (χ0) is 14.4. The molecule has 2 aromatic carbocycles. The van der Waals surface area contributed by atoms with Crippen LogP contribution in [0.15, 0.2) is 52.9 Å². The molecule has 1 atom stereocenters. The predicted molar refractivity (Wildman–Crippen MR) is 85.5 cm³/mol. The lowest BCUT2D eigenvalue weighted by Crippen LogP contribution is -2.21. The Morgan fingerprint density at radius 2 is 1.76 bits per heavy atom. The number of halogens is 1. The molecule has 3 heteroatoms. The maximum Gasteiger partial charge on any atom is 0.152 e. The zero-order valence-corrected chi connectivity index (χ0v) is 12.3. The molecule has 3 aromatic rings. The van der Waals surface area contributed by atoms with Crippen LogP contribution in [0.3, 0.4) is 0 Å². The van der Waals surface area contributed by atoms with Crippen LogP contribution >= 0.6 is 11.6 Å². The number of furan rings is 1. The third-order valence-electron chi connectivity index (χ3n) is 4.43. The Hall–Kier alpha value is -1.77. The smallest absolute Gasteiger partial charge is 0.152 e. The van der Waals surface area contributed by atoms with Gasteiger partial charge in [0.25, 0.3) is 0 Å². The van der Waals surface area contributed by atoms with Gasteiger partial charge in [-0.3, -0.25) is 0 Å². The standard InChI is InChI=1S/C18H16ClNO/c19-15-7-3-6-13-10-16(21-18(13)15)17(20)14-8-11-4-1-2-5-12(11)9-14/h1-7,10,14,17H,8-9,20H2. The van der Waals surface area contributed by atoms with Crippen molar-refractivity contribution in [3.63, 3.8) is 0 Å². The van der Waals surface area contributed by atoms with Gasteiger partial charge in [0.1, 0.15) is 5.76 Å². The van der Waals surface area contributed by atoms with Crippen molar-refractivity contribution in [1.29, 1.82) is 0 Å². The summed E-state index contributed by atoms with van der Waals surface area (Å²) in [7, 11) is 0. The van der Waals surface area contributed by atoms with Crippen molar-refractivity contribution in [3.8, 4) is 0 Å². The summed E-state index contributed by atoms with van der Waals surface area (Å²) in [4.78, 5) is 0. The second-order valence-electron chi connectivity index (χ2n) is 5.77. The summed E-state index contributed by atoms with van der Waals surface area (Å²) >= 11 is 6.17. The first-order valence-electron chi connectivity index (χ1n) is 7.22. The van der Waals surface area contributed by atoms with E-state index in [1.165, 1.54) is 11.1 Å². The largest absolute Gasteiger partial charge is 0.458 e. The maximum atomic E-state index is 6.46. The average molecular weight is 298 g/mol. The van der Waals surface area contributed by atoms with Gasteiger partial charge in [-0.1, -0.05) is 48.0 Å². The molecule has 21 heavy (non-hydrogen) atoms. The summed E-state index contributed by atoms with van der Waals surface area (Å²) in [6, 6.07) is 16.3. The van der Waals surface area contributed by atoms with Crippen molar-refractivity contribution < 1.29 is 4.42 Å². The molecule has 0 bridgehead atoms. The highest BCUT2D eigenvalue weighted by Gasteiger charge is 2.29. The third kappa shape index (κ3) is 2.15. The molecule has 0 radical (unpaired) electrons. The van der Waals surface area contributed by atoms with Gasteiger partial charge in [-0.25, -0.2) is 0 Å². The van der Waals surface area contributed by atoms with E-state index in [1.54, 1.807) is 0 Å². The van der Waals surface area contributed by atoms with Crippen molar-refractivity contribution in [2.45, 2.75) is 18.9 Å². The molecule has 1 aliphatic rings. The summed E-state index contributed by atoms with van der Waals surface area (Å²) in [5.74, 6) is 1.22. The molecule has 0 saturated carbocycles. The Balaban J connectivity index is 1.66. The monoisotopic (exact) mass is 297 g/mol. The molecule has 0 fully saturated rings. The molecule has 2 nitrogen and oxygen atoms in total. The summed E-state index contributed by atoms with van der Waals surface area (Å²) in [5, 5.41) is 1.66. The molecule has 106 valence electrons. The first kappa shape index (κ1) is 12.9. The van der Waals surface area contributed by atoms with Gasteiger partial charge in [0.05, 0.1) is 11.1 Å². The van der Waals surface area contributed by atoms with E-state index in [1.807, 2.05) is 24.3 Å². The van der Waals surface area contributed by atoms with Gasteiger partial charge >= 0.3 is 0 Å². The maximum absolute atomic E-state index is 6.46. The third-order valence-corrected chi connectivity index (χ3v) is 4.73. The fourth-order valence-electron chi connectivity index (χ4n) is 3.29. The van der Waals surface area contributed by atoms with Crippen LogP contribution in [0.25, 0.3) is 11.0 Å². The molecule has 4 rings (SSSR count). The van der Waals surface area contributed by atoms with Crippen LogP contribution in [0.2, 0.25) is 5.02 Å². The molecule has 1 aromatic heterocycles. The van der Waals surface area contributed by atoms with Crippen molar-refractivity contribution >= 4 is 22.6 Å². The summed E-state index contributed by atoms with van der Waals surface area (Å²) in [5.41, 5.74) is 10.0. The normalized spacial score (nSPS) is 16.3. The second-order valence-corrected chi connectivity index (χ2v) is 6.18. The quantitative estimate of drug-likeness (QED) is 0.756. The van der Waals surface area contributed by atoms with E-state index >= 15 is 0 Å². The van der Waals surface area contributed by atoms with Crippen LogP contribution in [-0.2, 0) is 12.8 Å². The zero-order valence-electron chi connectivity index (χ0n) is 11.6. The molecular weight excluding hydrogens is 282 g/mol. The van der Waals surface area contributed by atoms with Crippen molar-refractivity contribution in [2.75, 3.05) is 0 Å². The molecule has 1 unspecified atom stereocenters. The molecule has 0 spiro atoms. The van der Waals surface area contributed by atoms with E-state index in [0.717, 1.165) is 29.6 Å². The first-order valence-corrected chi connectivity index (χ1v) is 7.60. The first-order chi connectivity index (χ1) is 10.2. The minimum atomic E-state index is -0.0964. The molecule has 1 aliphatic carbocycles. The van der Waals surface area contributed by atoms with Crippen LogP contribution in [0.1, 0.15) is 22.9 Å². The van der Waals surface area contributed by atoms with E-state index in [-0.39, 0.29) is 6.04 Å². The lowest BCUT2D eigenvalue weighted by molar-refractivity contribution is 0.385. The Labute approximate surface area is 128 Å². The number of nitrogens with two attached hydrogens (primary N) is 1. The summed E-state index contributed by atoms with van der Waals surface area (Å²) in [6.07, 6.45) is 2.03. The summed E-state index contributed by atoms with van der Waals surface area (Å²) in [6.45, 7) is 0. The Morgan fingerprint density at radius 3 is 2.43 bits per heavy atom. The number of benzene rings is 2. The minimum Gasteiger partial charge on any atom is -0.458 e. The van der Waals surface area contributed by atoms with Crippen LogP contribution in [-0.4, -0.2) is 0 Å². The second kappa shape index (κ2) is 4.90. The highest BCUT2D eigenvalue weighted by molar-refractivity contribution is 6.34. The number of rotatable bonds is 2. The fraction of sp³-hybridized carbons (Fsp3) is 0.222. The fourth-order valence-corrected chi connectivity index (χ4v) is 3.51. The van der Waals surface area contributed by atoms with E-state index in [2.05, 4.69) is 24.3 Å². The Bertz CT molecular complexity index is 783. The predicted octanol–water partition coefficient (Wildman–Crippen LogP) is 4.50. The van der Waals surface area contributed by atoms with Crippen molar-refractivity contribution in [1.82, 2.24) is 0 Å². The lowest BCUT2D eigenvalue weighted by atomic mass is 9.95. The molecule has 1 heterocycles. The van der Waals surface area contributed by atoms with Crippen molar-refractivity contribution in [3.05, 3.63) is 70.4 Å². The van der Waals surface area contributed by atoms with Crippen LogP contribution in [0, 0.1) is 5.92 Å². The lowest BCUT2D eigenvalue weighted by Gasteiger charge is -2.16. The number of fused-ring (bicyclic) bond motifs is 2. The van der Waals surface area contributed by atoms with Crippen molar-refractivity contribution in [2.24, 2.45) is 11.7 Å². The minimum absolute atomic E-state index is 0.0964. The number of hydrogen-bond donors (Lipinski definition) is 1. The molecule has 0 aliphatic heterocycles. The van der Waals surface area contributed by atoms with Gasteiger partial charge in [-0.05, 0) is 42.0 Å².